The molecule has 3 rings (SSSR count). The number of hydrogen-bond acceptors (Lipinski definition) is 6. The molecule has 3 aromatic heterocycles. The van der Waals surface area contributed by atoms with E-state index >= 15 is 0 Å². The molecule has 0 saturated heterocycles. The van der Waals surface area contributed by atoms with Crippen LogP contribution in [-0.2, 0) is 12.8 Å². The molecule has 0 fully saturated rings. The highest BCUT2D eigenvalue weighted by Gasteiger charge is 2.14. The van der Waals surface area contributed by atoms with Crippen LogP contribution >= 0.6 is 22.7 Å². The van der Waals surface area contributed by atoms with Gasteiger partial charge in [0.2, 0.25) is 5.89 Å². The lowest BCUT2D eigenvalue weighted by Crippen LogP contribution is -2.24. The van der Waals surface area contributed by atoms with Crippen molar-refractivity contribution in [3.63, 3.8) is 0 Å². The van der Waals surface area contributed by atoms with Crippen molar-refractivity contribution in [1.82, 2.24) is 15.5 Å². The summed E-state index contributed by atoms with van der Waals surface area (Å²) in [5.41, 5.74) is 0. The molecule has 4 nitrogen and oxygen atoms in total. The van der Waals surface area contributed by atoms with E-state index in [1.54, 1.807) is 22.7 Å². The zero-order valence-corrected chi connectivity index (χ0v) is 13.4. The van der Waals surface area contributed by atoms with Crippen LogP contribution in [0.2, 0.25) is 0 Å². The summed E-state index contributed by atoms with van der Waals surface area (Å²) in [6.07, 6.45) is 1.77. The zero-order chi connectivity index (χ0) is 14.5. The molecule has 0 spiro atoms. The summed E-state index contributed by atoms with van der Waals surface area (Å²) in [7, 11) is 0. The molecule has 1 unspecified atom stereocenters. The second-order valence-electron chi connectivity index (χ2n) is 4.79. The molecular formula is C15H17N3OS2. The third-order valence-electron chi connectivity index (χ3n) is 3.17. The largest absolute Gasteiger partial charge is 0.339 e. The quantitative estimate of drug-likeness (QED) is 0.722. The lowest BCUT2D eigenvalue weighted by molar-refractivity contribution is 0.369. The Labute approximate surface area is 131 Å². The van der Waals surface area contributed by atoms with Crippen molar-refractivity contribution >= 4 is 22.7 Å². The molecule has 1 N–H and O–H groups in total. The fourth-order valence-electron chi connectivity index (χ4n) is 2.19. The number of nitrogens with zero attached hydrogens (tertiary/aromatic N) is 2. The summed E-state index contributed by atoms with van der Waals surface area (Å²) >= 11 is 3.60. The highest BCUT2D eigenvalue weighted by atomic mass is 32.1. The number of rotatable bonds is 7. The maximum Gasteiger partial charge on any atom is 0.227 e. The van der Waals surface area contributed by atoms with Gasteiger partial charge in [0.1, 0.15) is 0 Å². The molecule has 0 aliphatic carbocycles. The second-order valence-corrected chi connectivity index (χ2v) is 6.80. The fraction of sp³-hybridized carbons (Fsp3) is 0.333. The highest BCUT2D eigenvalue weighted by molar-refractivity contribution is 7.10. The molecule has 1 atom stereocenters. The van der Waals surface area contributed by atoms with Gasteiger partial charge in [-0.1, -0.05) is 17.3 Å². The monoisotopic (exact) mass is 319 g/mol. The predicted octanol–water partition coefficient (Wildman–Crippen LogP) is 3.62. The van der Waals surface area contributed by atoms with Crippen LogP contribution in [-0.4, -0.2) is 16.7 Å². The van der Waals surface area contributed by atoms with E-state index in [4.69, 9.17) is 4.52 Å². The van der Waals surface area contributed by atoms with Crippen LogP contribution in [0.5, 0.6) is 0 Å². The van der Waals surface area contributed by atoms with E-state index in [0.29, 0.717) is 17.8 Å². The number of aryl methyl sites for hydroxylation is 1. The van der Waals surface area contributed by atoms with E-state index in [0.717, 1.165) is 19.4 Å². The third kappa shape index (κ3) is 4.00. The van der Waals surface area contributed by atoms with Gasteiger partial charge in [-0.05, 0) is 29.8 Å². The van der Waals surface area contributed by atoms with Crippen LogP contribution in [0, 0.1) is 6.92 Å². The third-order valence-corrected chi connectivity index (χ3v) is 5.06. The van der Waals surface area contributed by atoms with Crippen LogP contribution in [0.1, 0.15) is 27.5 Å². The second kappa shape index (κ2) is 6.98. The minimum atomic E-state index is 0.340. The van der Waals surface area contributed by atoms with Crippen molar-refractivity contribution in [3.05, 3.63) is 56.5 Å². The summed E-state index contributed by atoms with van der Waals surface area (Å²) in [5.74, 6) is 1.39. The van der Waals surface area contributed by atoms with Crippen molar-refractivity contribution in [1.29, 1.82) is 0 Å². The summed E-state index contributed by atoms with van der Waals surface area (Å²) in [6.45, 7) is 2.67. The molecule has 0 aliphatic heterocycles. The van der Waals surface area contributed by atoms with Gasteiger partial charge >= 0.3 is 0 Å². The van der Waals surface area contributed by atoms with Gasteiger partial charge in [0.05, 0.1) is 0 Å². The topological polar surface area (TPSA) is 51.0 Å². The summed E-state index contributed by atoms with van der Waals surface area (Å²) in [6, 6.07) is 8.92. The van der Waals surface area contributed by atoms with E-state index < -0.39 is 0 Å². The molecule has 0 radical (unpaired) electrons. The Hall–Kier alpha value is -1.50. The van der Waals surface area contributed by atoms with Crippen molar-refractivity contribution in [2.24, 2.45) is 0 Å². The highest BCUT2D eigenvalue weighted by Crippen LogP contribution is 2.24. The van der Waals surface area contributed by atoms with Gasteiger partial charge < -0.3 is 9.84 Å². The van der Waals surface area contributed by atoms with Crippen molar-refractivity contribution in [2.75, 3.05) is 6.54 Å². The first kappa shape index (κ1) is 14.4. The molecule has 3 heterocycles. The summed E-state index contributed by atoms with van der Waals surface area (Å²) in [4.78, 5) is 7.00. The molecule has 0 aliphatic rings. The molecule has 6 heteroatoms. The van der Waals surface area contributed by atoms with Gasteiger partial charge in [0.25, 0.3) is 0 Å². The number of thiophene rings is 2. The van der Waals surface area contributed by atoms with Gasteiger partial charge in [-0.2, -0.15) is 4.98 Å². The molecule has 3 aromatic rings. The smallest absolute Gasteiger partial charge is 0.227 e. The Balaban J connectivity index is 1.59. The predicted molar refractivity (Wildman–Crippen MR) is 85.8 cm³/mol. The Morgan fingerprint density at radius 3 is 2.76 bits per heavy atom. The number of hydrogen-bond donors (Lipinski definition) is 1. The van der Waals surface area contributed by atoms with Crippen LogP contribution in [0.25, 0.3) is 0 Å². The van der Waals surface area contributed by atoms with Gasteiger partial charge in [-0.15, -0.1) is 22.7 Å². The van der Waals surface area contributed by atoms with Gasteiger partial charge in [0.15, 0.2) is 5.82 Å². The maximum atomic E-state index is 5.15. The van der Waals surface area contributed by atoms with Crippen LogP contribution in [0.3, 0.4) is 0 Å². The van der Waals surface area contributed by atoms with Gasteiger partial charge in [-0.3, -0.25) is 0 Å². The average Bonchev–Trinajstić information content (AvgIpc) is 3.19. The fourth-order valence-corrected chi connectivity index (χ4v) is 3.74. The Kier molecular flexibility index (Phi) is 4.80. The van der Waals surface area contributed by atoms with E-state index in [1.807, 2.05) is 6.92 Å². The Morgan fingerprint density at radius 1 is 1.24 bits per heavy atom. The van der Waals surface area contributed by atoms with Crippen LogP contribution in [0.4, 0.5) is 0 Å². The van der Waals surface area contributed by atoms with E-state index in [9.17, 15) is 0 Å². The lowest BCUT2D eigenvalue weighted by Gasteiger charge is -2.16. The first-order valence-electron chi connectivity index (χ1n) is 6.89. The van der Waals surface area contributed by atoms with Crippen LogP contribution < -0.4 is 5.32 Å². The number of aromatic nitrogens is 2. The first-order chi connectivity index (χ1) is 10.3. The van der Waals surface area contributed by atoms with Gasteiger partial charge in [-0.25, -0.2) is 0 Å². The minimum absolute atomic E-state index is 0.340. The Bertz CT molecular complexity index is 646. The molecule has 0 saturated carbocycles. The van der Waals surface area contributed by atoms with Crippen LogP contribution in [0.15, 0.2) is 39.5 Å². The summed E-state index contributed by atoms with van der Waals surface area (Å²) in [5, 5.41) is 11.7. The molecule has 0 aromatic carbocycles. The molecule has 110 valence electrons. The SMILES string of the molecule is Cc1noc(CCNC(Cc2cccs2)c2cccs2)n1. The van der Waals surface area contributed by atoms with E-state index in [2.05, 4.69) is 50.5 Å². The summed E-state index contributed by atoms with van der Waals surface area (Å²) < 4.78 is 5.15. The van der Waals surface area contributed by atoms with Crippen molar-refractivity contribution in [3.8, 4) is 0 Å². The minimum Gasteiger partial charge on any atom is -0.339 e. The van der Waals surface area contributed by atoms with Crippen molar-refractivity contribution in [2.45, 2.75) is 25.8 Å². The Morgan fingerprint density at radius 2 is 2.10 bits per heavy atom. The molecule has 0 amide bonds. The maximum absolute atomic E-state index is 5.15. The normalized spacial score (nSPS) is 12.6. The standard InChI is InChI=1S/C15H17N3OS2/c1-11-17-15(19-18-11)6-7-16-13(14-5-3-9-21-14)10-12-4-2-8-20-12/h2-5,8-9,13,16H,6-7,10H2,1H3. The van der Waals surface area contributed by atoms with E-state index in [1.165, 1.54) is 9.75 Å². The van der Waals surface area contributed by atoms with Crippen molar-refractivity contribution < 1.29 is 4.52 Å². The average molecular weight is 319 g/mol. The van der Waals surface area contributed by atoms with Gasteiger partial charge in [0, 0.05) is 35.2 Å². The molecule has 0 bridgehead atoms. The molecular weight excluding hydrogens is 302 g/mol. The number of nitrogens with one attached hydrogen (secondary N) is 1. The molecule has 21 heavy (non-hydrogen) atoms. The first-order valence-corrected chi connectivity index (χ1v) is 8.65. The van der Waals surface area contributed by atoms with E-state index in [-0.39, 0.29) is 0 Å². The lowest BCUT2D eigenvalue weighted by atomic mass is 10.1. The zero-order valence-electron chi connectivity index (χ0n) is 11.8.